The Kier molecular flexibility index (Phi) is 5.65. The Balaban J connectivity index is 0.00000161. The van der Waals surface area contributed by atoms with Crippen LogP contribution in [-0.4, -0.2) is 30.4 Å². The van der Waals surface area contributed by atoms with Crippen LogP contribution in [0.15, 0.2) is 30.3 Å². The first-order valence-electron chi connectivity index (χ1n) is 7.82. The molecule has 1 aromatic carbocycles. The number of nitrogens with one attached hydrogen (secondary N) is 1. The van der Waals surface area contributed by atoms with Crippen LogP contribution in [0, 0.1) is 11.8 Å². The molecule has 1 saturated carbocycles. The SMILES string of the molecule is CC(c1ccccc1)N(CC1CCC1)C(=O)C1CNC1.Cl. The molecule has 1 N–H and O–H groups in total. The first kappa shape index (κ1) is 16.3. The van der Waals surface area contributed by atoms with Crippen molar-refractivity contribution in [1.82, 2.24) is 10.2 Å². The molecule has 0 radical (unpaired) electrons. The number of benzene rings is 1. The average molecular weight is 309 g/mol. The summed E-state index contributed by atoms with van der Waals surface area (Å²) in [6.07, 6.45) is 3.90. The number of rotatable bonds is 5. The zero-order valence-electron chi connectivity index (χ0n) is 12.6. The van der Waals surface area contributed by atoms with E-state index in [2.05, 4.69) is 41.4 Å². The lowest BCUT2D eigenvalue weighted by molar-refractivity contribution is -0.140. The lowest BCUT2D eigenvalue weighted by atomic mass is 9.84. The summed E-state index contributed by atoms with van der Waals surface area (Å²) in [7, 11) is 0. The molecule has 1 atom stereocenters. The van der Waals surface area contributed by atoms with E-state index in [1.165, 1.54) is 24.8 Å². The lowest BCUT2D eigenvalue weighted by Crippen LogP contribution is -2.53. The zero-order valence-corrected chi connectivity index (χ0v) is 13.4. The second-order valence-electron chi connectivity index (χ2n) is 6.23. The molecule has 3 nitrogen and oxygen atoms in total. The van der Waals surface area contributed by atoms with Crippen LogP contribution >= 0.6 is 12.4 Å². The van der Waals surface area contributed by atoms with Gasteiger partial charge in [-0.15, -0.1) is 12.4 Å². The third-order valence-electron chi connectivity index (χ3n) is 4.84. The predicted molar refractivity (Wildman–Crippen MR) is 87.5 cm³/mol. The Morgan fingerprint density at radius 2 is 1.95 bits per heavy atom. The fourth-order valence-corrected chi connectivity index (χ4v) is 3.00. The number of halogens is 1. The van der Waals surface area contributed by atoms with Gasteiger partial charge < -0.3 is 10.2 Å². The van der Waals surface area contributed by atoms with Gasteiger partial charge in [-0.1, -0.05) is 36.8 Å². The summed E-state index contributed by atoms with van der Waals surface area (Å²) in [6.45, 7) is 4.80. The number of hydrogen-bond donors (Lipinski definition) is 1. The molecule has 1 saturated heterocycles. The van der Waals surface area contributed by atoms with Crippen LogP contribution in [0.3, 0.4) is 0 Å². The van der Waals surface area contributed by atoms with Gasteiger partial charge in [0.05, 0.1) is 12.0 Å². The Bertz CT molecular complexity index is 457. The van der Waals surface area contributed by atoms with E-state index in [9.17, 15) is 4.79 Å². The van der Waals surface area contributed by atoms with Gasteiger partial charge in [0.15, 0.2) is 0 Å². The van der Waals surface area contributed by atoms with E-state index >= 15 is 0 Å². The molecule has 2 fully saturated rings. The summed E-state index contributed by atoms with van der Waals surface area (Å²) in [6, 6.07) is 10.6. The first-order chi connectivity index (χ1) is 9.75. The molecule has 0 aromatic heterocycles. The van der Waals surface area contributed by atoms with Crippen LogP contribution in [0.25, 0.3) is 0 Å². The van der Waals surface area contributed by atoms with Crippen molar-refractivity contribution >= 4 is 18.3 Å². The molecular formula is C17H25ClN2O. The van der Waals surface area contributed by atoms with E-state index in [0.29, 0.717) is 5.91 Å². The normalized spacial score (nSPS) is 19.9. The van der Waals surface area contributed by atoms with Gasteiger partial charge in [-0.2, -0.15) is 0 Å². The van der Waals surface area contributed by atoms with Crippen LogP contribution in [-0.2, 0) is 4.79 Å². The van der Waals surface area contributed by atoms with E-state index < -0.39 is 0 Å². The quantitative estimate of drug-likeness (QED) is 0.907. The van der Waals surface area contributed by atoms with E-state index in [0.717, 1.165) is 25.6 Å². The van der Waals surface area contributed by atoms with Gasteiger partial charge in [-0.25, -0.2) is 0 Å². The molecule has 4 heteroatoms. The van der Waals surface area contributed by atoms with Gasteiger partial charge in [0.1, 0.15) is 0 Å². The minimum atomic E-state index is 0. The van der Waals surface area contributed by atoms with Crippen LogP contribution in [0.2, 0.25) is 0 Å². The second-order valence-corrected chi connectivity index (χ2v) is 6.23. The molecule has 1 unspecified atom stereocenters. The van der Waals surface area contributed by atoms with Crippen molar-refractivity contribution in [1.29, 1.82) is 0 Å². The van der Waals surface area contributed by atoms with Gasteiger partial charge in [-0.3, -0.25) is 4.79 Å². The van der Waals surface area contributed by atoms with E-state index in [-0.39, 0.29) is 24.4 Å². The van der Waals surface area contributed by atoms with Crippen molar-refractivity contribution < 1.29 is 4.79 Å². The van der Waals surface area contributed by atoms with Crippen molar-refractivity contribution in [2.45, 2.75) is 32.2 Å². The van der Waals surface area contributed by atoms with E-state index in [1.807, 2.05) is 6.07 Å². The number of hydrogen-bond acceptors (Lipinski definition) is 2. The minimum Gasteiger partial charge on any atom is -0.335 e. The van der Waals surface area contributed by atoms with Crippen LogP contribution in [0.5, 0.6) is 0 Å². The predicted octanol–water partition coefficient (Wildman–Crippen LogP) is 3.02. The lowest BCUT2D eigenvalue weighted by Gasteiger charge is -2.40. The third kappa shape index (κ3) is 3.58. The van der Waals surface area contributed by atoms with Gasteiger partial charge in [0.2, 0.25) is 5.91 Å². The summed E-state index contributed by atoms with van der Waals surface area (Å²) in [5, 5.41) is 3.21. The van der Waals surface area contributed by atoms with Crippen LogP contribution in [0.4, 0.5) is 0 Å². The van der Waals surface area contributed by atoms with Crippen molar-refractivity contribution in [3.8, 4) is 0 Å². The maximum Gasteiger partial charge on any atom is 0.228 e. The topological polar surface area (TPSA) is 32.3 Å². The minimum absolute atomic E-state index is 0. The smallest absolute Gasteiger partial charge is 0.228 e. The number of carbonyl (C=O) groups excluding carboxylic acids is 1. The molecule has 2 aliphatic rings. The molecule has 1 aromatic rings. The molecule has 1 amide bonds. The first-order valence-corrected chi connectivity index (χ1v) is 7.82. The summed E-state index contributed by atoms with van der Waals surface area (Å²) >= 11 is 0. The van der Waals surface area contributed by atoms with Crippen molar-refractivity contribution in [2.24, 2.45) is 11.8 Å². The molecule has 21 heavy (non-hydrogen) atoms. The highest BCUT2D eigenvalue weighted by Crippen LogP contribution is 2.31. The molecule has 0 spiro atoms. The fourth-order valence-electron chi connectivity index (χ4n) is 3.00. The number of nitrogens with zero attached hydrogens (tertiary/aromatic N) is 1. The average Bonchev–Trinajstić information content (AvgIpc) is 2.36. The zero-order chi connectivity index (χ0) is 13.9. The standard InChI is InChI=1S/C17H24N2O.ClH/c1-13(15-8-3-2-4-9-15)19(12-14-6-5-7-14)17(20)16-10-18-11-16;/h2-4,8-9,13-14,16,18H,5-7,10-12H2,1H3;1H. The maximum atomic E-state index is 12.7. The maximum absolute atomic E-state index is 12.7. The molecule has 1 aliphatic heterocycles. The molecule has 1 aliphatic carbocycles. The van der Waals surface area contributed by atoms with Gasteiger partial charge in [0.25, 0.3) is 0 Å². The Morgan fingerprint density at radius 1 is 1.29 bits per heavy atom. The van der Waals surface area contributed by atoms with Gasteiger partial charge >= 0.3 is 0 Å². The monoisotopic (exact) mass is 308 g/mol. The van der Waals surface area contributed by atoms with Gasteiger partial charge in [-0.05, 0) is 31.2 Å². The highest BCUT2D eigenvalue weighted by atomic mass is 35.5. The highest BCUT2D eigenvalue weighted by molar-refractivity contribution is 5.85. The van der Waals surface area contributed by atoms with Crippen molar-refractivity contribution in [2.75, 3.05) is 19.6 Å². The fraction of sp³-hybridized carbons (Fsp3) is 0.588. The van der Waals surface area contributed by atoms with Crippen LogP contribution < -0.4 is 5.32 Å². The summed E-state index contributed by atoms with van der Waals surface area (Å²) in [4.78, 5) is 14.8. The summed E-state index contributed by atoms with van der Waals surface area (Å²) < 4.78 is 0. The summed E-state index contributed by atoms with van der Waals surface area (Å²) in [5.74, 6) is 1.26. The largest absolute Gasteiger partial charge is 0.335 e. The molecule has 1 heterocycles. The molecular weight excluding hydrogens is 284 g/mol. The van der Waals surface area contributed by atoms with E-state index in [1.54, 1.807) is 0 Å². The highest BCUT2D eigenvalue weighted by Gasteiger charge is 2.34. The Hall–Kier alpha value is -1.06. The van der Waals surface area contributed by atoms with Crippen molar-refractivity contribution in [3.63, 3.8) is 0 Å². The third-order valence-corrected chi connectivity index (χ3v) is 4.84. The van der Waals surface area contributed by atoms with Crippen LogP contribution in [0.1, 0.15) is 37.8 Å². The van der Waals surface area contributed by atoms with E-state index in [4.69, 9.17) is 0 Å². The summed E-state index contributed by atoms with van der Waals surface area (Å²) in [5.41, 5.74) is 1.24. The Morgan fingerprint density at radius 3 is 2.43 bits per heavy atom. The Labute approximate surface area is 133 Å². The molecule has 3 rings (SSSR count). The number of carbonyl (C=O) groups is 1. The van der Waals surface area contributed by atoms with Gasteiger partial charge in [0, 0.05) is 19.6 Å². The molecule has 116 valence electrons. The van der Waals surface area contributed by atoms with Crippen molar-refractivity contribution in [3.05, 3.63) is 35.9 Å². The molecule has 0 bridgehead atoms. The number of amides is 1. The second kappa shape index (κ2) is 7.28.